The molecule has 0 aromatic carbocycles. The van der Waals surface area contributed by atoms with Crippen molar-refractivity contribution in [3.05, 3.63) is 0 Å². The summed E-state index contributed by atoms with van der Waals surface area (Å²) in [4.78, 5) is 37.4. The Morgan fingerprint density at radius 2 is 2.00 bits per heavy atom. The SMILES string of the molecule is COC(=O)[C@@H]1CC[C@H]2OC[C@@H](NC(=O)OC(C)(C)C)C(=O)N21. The molecule has 0 saturated carbocycles. The molecule has 0 aliphatic carbocycles. The van der Waals surface area contributed by atoms with Gasteiger partial charge in [0.2, 0.25) is 5.91 Å². The molecule has 2 aliphatic rings. The summed E-state index contributed by atoms with van der Waals surface area (Å²) in [7, 11) is 1.28. The van der Waals surface area contributed by atoms with Crippen LogP contribution in [0.2, 0.25) is 0 Å². The van der Waals surface area contributed by atoms with Crippen molar-refractivity contribution in [3.8, 4) is 0 Å². The number of nitrogens with one attached hydrogen (secondary N) is 1. The molecule has 0 bridgehead atoms. The minimum absolute atomic E-state index is 0.0626. The highest BCUT2D eigenvalue weighted by molar-refractivity contribution is 5.91. The van der Waals surface area contributed by atoms with E-state index in [1.54, 1.807) is 20.8 Å². The number of ether oxygens (including phenoxy) is 3. The Balaban J connectivity index is 2.03. The van der Waals surface area contributed by atoms with Gasteiger partial charge in [-0.2, -0.15) is 0 Å². The van der Waals surface area contributed by atoms with Gasteiger partial charge in [0.1, 0.15) is 23.9 Å². The highest BCUT2D eigenvalue weighted by Crippen LogP contribution is 2.29. The minimum atomic E-state index is -0.864. The lowest BCUT2D eigenvalue weighted by Gasteiger charge is -2.37. The summed E-state index contributed by atoms with van der Waals surface area (Å²) in [5.74, 6) is -0.827. The fourth-order valence-corrected chi connectivity index (χ4v) is 2.62. The molecule has 8 nitrogen and oxygen atoms in total. The summed E-state index contributed by atoms with van der Waals surface area (Å²) in [6.45, 7) is 5.26. The average Bonchev–Trinajstić information content (AvgIpc) is 2.83. The van der Waals surface area contributed by atoms with E-state index in [1.807, 2.05) is 0 Å². The summed E-state index contributed by atoms with van der Waals surface area (Å²) in [6, 6.07) is -1.53. The minimum Gasteiger partial charge on any atom is -0.467 e. The van der Waals surface area contributed by atoms with E-state index in [-0.39, 0.29) is 12.5 Å². The predicted octanol–water partition coefficient (Wildman–Crippen LogP) is 0.400. The number of alkyl carbamates (subject to hydrolysis) is 1. The van der Waals surface area contributed by atoms with Gasteiger partial charge in [-0.05, 0) is 33.6 Å². The van der Waals surface area contributed by atoms with Gasteiger partial charge in [0.15, 0.2) is 0 Å². The van der Waals surface area contributed by atoms with Crippen molar-refractivity contribution in [1.29, 1.82) is 0 Å². The van der Waals surface area contributed by atoms with Gasteiger partial charge >= 0.3 is 12.1 Å². The molecule has 2 amide bonds. The zero-order valence-electron chi connectivity index (χ0n) is 13.3. The third kappa shape index (κ3) is 3.49. The van der Waals surface area contributed by atoms with Crippen LogP contribution in [0.3, 0.4) is 0 Å². The molecule has 8 heteroatoms. The highest BCUT2D eigenvalue weighted by atomic mass is 16.6. The van der Waals surface area contributed by atoms with Crippen LogP contribution in [0.1, 0.15) is 33.6 Å². The molecular formula is C14H22N2O6. The van der Waals surface area contributed by atoms with E-state index < -0.39 is 36.0 Å². The summed E-state index contributed by atoms with van der Waals surface area (Å²) in [5.41, 5.74) is -0.659. The monoisotopic (exact) mass is 314 g/mol. The molecule has 0 radical (unpaired) electrons. The molecule has 2 fully saturated rings. The average molecular weight is 314 g/mol. The van der Waals surface area contributed by atoms with Crippen molar-refractivity contribution >= 4 is 18.0 Å². The first kappa shape index (κ1) is 16.5. The lowest BCUT2D eigenvalue weighted by atomic mass is 10.2. The molecule has 0 aromatic heterocycles. The Bertz CT molecular complexity index is 472. The number of hydrogen-bond donors (Lipinski definition) is 1. The van der Waals surface area contributed by atoms with E-state index in [1.165, 1.54) is 12.0 Å². The first-order valence-corrected chi connectivity index (χ1v) is 7.24. The number of rotatable bonds is 2. The van der Waals surface area contributed by atoms with Gasteiger partial charge < -0.3 is 24.4 Å². The van der Waals surface area contributed by atoms with E-state index in [4.69, 9.17) is 14.2 Å². The normalized spacial score (nSPS) is 28.1. The van der Waals surface area contributed by atoms with Crippen molar-refractivity contribution in [2.75, 3.05) is 13.7 Å². The number of amides is 2. The maximum absolute atomic E-state index is 12.5. The van der Waals surface area contributed by atoms with Crippen LogP contribution >= 0.6 is 0 Å². The lowest BCUT2D eigenvalue weighted by Crippen LogP contribution is -2.60. The van der Waals surface area contributed by atoms with Gasteiger partial charge in [0.25, 0.3) is 0 Å². The van der Waals surface area contributed by atoms with Gasteiger partial charge in [-0.3, -0.25) is 4.79 Å². The van der Waals surface area contributed by atoms with Crippen molar-refractivity contribution in [3.63, 3.8) is 0 Å². The van der Waals surface area contributed by atoms with Crippen LogP contribution in [-0.4, -0.2) is 60.5 Å². The standard InChI is InChI=1S/C14H22N2O6/c1-14(2,3)22-13(19)15-8-7-21-10-6-5-9(12(18)20-4)16(10)11(8)17/h8-10H,5-7H2,1-4H3,(H,15,19)/t8-,9+,10-/m1/s1. The molecule has 2 saturated heterocycles. The number of hydrogen-bond acceptors (Lipinski definition) is 6. The Labute approximate surface area is 129 Å². The maximum Gasteiger partial charge on any atom is 0.408 e. The lowest BCUT2D eigenvalue weighted by molar-refractivity contribution is -0.171. The van der Waals surface area contributed by atoms with E-state index in [0.29, 0.717) is 12.8 Å². The Morgan fingerprint density at radius 1 is 1.32 bits per heavy atom. The Morgan fingerprint density at radius 3 is 2.59 bits per heavy atom. The topological polar surface area (TPSA) is 94.2 Å². The Kier molecular flexibility index (Phi) is 4.60. The number of esters is 1. The number of nitrogens with zero attached hydrogens (tertiary/aromatic N) is 1. The summed E-state index contributed by atoms with van der Waals surface area (Å²) in [5, 5.41) is 2.49. The fraction of sp³-hybridized carbons (Fsp3) is 0.786. The molecule has 22 heavy (non-hydrogen) atoms. The van der Waals surface area contributed by atoms with Crippen LogP contribution in [-0.2, 0) is 23.8 Å². The number of methoxy groups -OCH3 is 1. The molecule has 2 rings (SSSR count). The smallest absolute Gasteiger partial charge is 0.408 e. The highest BCUT2D eigenvalue weighted by Gasteiger charge is 2.48. The fourth-order valence-electron chi connectivity index (χ4n) is 2.62. The van der Waals surface area contributed by atoms with Crippen molar-refractivity contribution in [2.45, 2.75) is 57.5 Å². The van der Waals surface area contributed by atoms with Gasteiger partial charge in [-0.25, -0.2) is 9.59 Å². The quantitative estimate of drug-likeness (QED) is 0.742. The van der Waals surface area contributed by atoms with Crippen LogP contribution in [0.25, 0.3) is 0 Å². The van der Waals surface area contributed by atoms with Crippen LogP contribution in [0.5, 0.6) is 0 Å². The third-order valence-electron chi connectivity index (χ3n) is 3.51. The van der Waals surface area contributed by atoms with Crippen molar-refractivity contribution in [2.24, 2.45) is 0 Å². The second kappa shape index (κ2) is 6.12. The van der Waals surface area contributed by atoms with E-state index in [9.17, 15) is 14.4 Å². The first-order valence-electron chi connectivity index (χ1n) is 7.24. The predicted molar refractivity (Wildman–Crippen MR) is 74.8 cm³/mol. The molecule has 0 spiro atoms. The van der Waals surface area contributed by atoms with Crippen LogP contribution in [0, 0.1) is 0 Å². The maximum atomic E-state index is 12.5. The zero-order valence-corrected chi connectivity index (χ0v) is 13.3. The molecular weight excluding hydrogens is 292 g/mol. The van der Waals surface area contributed by atoms with Gasteiger partial charge in [-0.1, -0.05) is 0 Å². The van der Waals surface area contributed by atoms with Crippen molar-refractivity contribution < 1.29 is 28.6 Å². The molecule has 2 aliphatic heterocycles. The number of fused-ring (bicyclic) bond motifs is 1. The summed E-state index contributed by atoms with van der Waals surface area (Å²) < 4.78 is 15.4. The van der Waals surface area contributed by atoms with E-state index >= 15 is 0 Å². The van der Waals surface area contributed by atoms with Crippen LogP contribution in [0.4, 0.5) is 4.79 Å². The van der Waals surface area contributed by atoms with Gasteiger partial charge in [-0.15, -0.1) is 0 Å². The van der Waals surface area contributed by atoms with Gasteiger partial charge in [0.05, 0.1) is 13.7 Å². The van der Waals surface area contributed by atoms with E-state index in [2.05, 4.69) is 5.32 Å². The largest absolute Gasteiger partial charge is 0.467 e. The zero-order chi connectivity index (χ0) is 16.5. The molecule has 1 N–H and O–H groups in total. The second-order valence-electron chi connectivity index (χ2n) is 6.35. The summed E-state index contributed by atoms with van der Waals surface area (Å²) >= 11 is 0. The van der Waals surface area contributed by atoms with Crippen molar-refractivity contribution in [1.82, 2.24) is 10.2 Å². The first-order chi connectivity index (χ1) is 10.2. The molecule has 124 valence electrons. The third-order valence-corrected chi connectivity index (χ3v) is 3.51. The molecule has 3 atom stereocenters. The Hall–Kier alpha value is -1.83. The number of carbonyl (C=O) groups is 3. The molecule has 0 aromatic rings. The van der Waals surface area contributed by atoms with Crippen LogP contribution in [0.15, 0.2) is 0 Å². The van der Waals surface area contributed by atoms with Gasteiger partial charge in [0, 0.05) is 0 Å². The summed E-state index contributed by atoms with van der Waals surface area (Å²) in [6.07, 6.45) is -0.0672. The second-order valence-corrected chi connectivity index (χ2v) is 6.35. The molecule has 0 unspecified atom stereocenters. The number of carbonyl (C=O) groups excluding carboxylic acids is 3. The van der Waals surface area contributed by atoms with Crippen LogP contribution < -0.4 is 5.32 Å². The molecule has 2 heterocycles. The van der Waals surface area contributed by atoms with E-state index in [0.717, 1.165) is 0 Å².